The van der Waals surface area contributed by atoms with Gasteiger partial charge in [0.2, 0.25) is 5.91 Å². The summed E-state index contributed by atoms with van der Waals surface area (Å²) in [6.45, 7) is 10.8. The number of benzene rings is 1. The number of carbonyl (C=O) groups excluding carboxylic acids is 1. The SMILES string of the molecule is CC(C)C(C)(N)C(C)C.O=C(O)CCC(=O)Nc1ccccc1. The summed E-state index contributed by atoms with van der Waals surface area (Å²) in [4.78, 5) is 21.3. The molecule has 0 radical (unpaired) electrons. The van der Waals surface area contributed by atoms with Crippen LogP contribution in [0.4, 0.5) is 5.69 Å². The topological polar surface area (TPSA) is 92.4 Å². The van der Waals surface area contributed by atoms with Gasteiger partial charge in [0.15, 0.2) is 0 Å². The minimum absolute atomic E-state index is 0.000000000000000222. The van der Waals surface area contributed by atoms with Crippen LogP contribution in [0.3, 0.4) is 0 Å². The Kier molecular flexibility index (Phi) is 9.18. The molecule has 1 aromatic rings. The summed E-state index contributed by atoms with van der Waals surface area (Å²) in [7, 11) is 0. The molecule has 23 heavy (non-hydrogen) atoms. The van der Waals surface area contributed by atoms with Crippen molar-refractivity contribution in [3.63, 3.8) is 0 Å². The van der Waals surface area contributed by atoms with Crippen LogP contribution in [0.25, 0.3) is 0 Å². The fourth-order valence-corrected chi connectivity index (χ4v) is 1.63. The van der Waals surface area contributed by atoms with Gasteiger partial charge >= 0.3 is 5.97 Å². The van der Waals surface area contributed by atoms with E-state index >= 15 is 0 Å². The summed E-state index contributed by atoms with van der Waals surface area (Å²) < 4.78 is 0. The molecule has 5 heteroatoms. The van der Waals surface area contributed by atoms with Gasteiger partial charge in [0.05, 0.1) is 6.42 Å². The van der Waals surface area contributed by atoms with Crippen LogP contribution in [0.5, 0.6) is 0 Å². The first-order chi connectivity index (χ1) is 10.6. The zero-order valence-electron chi connectivity index (χ0n) is 14.8. The van der Waals surface area contributed by atoms with Crippen molar-refractivity contribution in [3.8, 4) is 0 Å². The van der Waals surface area contributed by atoms with Gasteiger partial charge in [-0.1, -0.05) is 45.9 Å². The first-order valence-corrected chi connectivity index (χ1v) is 7.93. The molecule has 0 fully saturated rings. The number of carbonyl (C=O) groups is 2. The number of hydrogen-bond acceptors (Lipinski definition) is 3. The van der Waals surface area contributed by atoms with E-state index in [1.807, 2.05) is 6.07 Å². The molecule has 1 rings (SSSR count). The van der Waals surface area contributed by atoms with E-state index in [2.05, 4.69) is 39.9 Å². The summed E-state index contributed by atoms with van der Waals surface area (Å²) in [6.07, 6.45) is -0.136. The van der Waals surface area contributed by atoms with Crippen molar-refractivity contribution in [2.75, 3.05) is 5.32 Å². The van der Waals surface area contributed by atoms with E-state index in [1.54, 1.807) is 24.3 Å². The molecule has 0 bridgehead atoms. The lowest BCUT2D eigenvalue weighted by atomic mass is 9.80. The molecule has 0 aliphatic carbocycles. The maximum Gasteiger partial charge on any atom is 0.303 e. The molecule has 0 spiro atoms. The molecule has 1 aromatic carbocycles. The first kappa shape index (κ1) is 21.1. The third-order valence-electron chi connectivity index (χ3n) is 4.11. The van der Waals surface area contributed by atoms with E-state index in [-0.39, 0.29) is 24.3 Å². The van der Waals surface area contributed by atoms with Gasteiger partial charge in [0.1, 0.15) is 0 Å². The number of para-hydroxylation sites is 1. The molecule has 0 aromatic heterocycles. The minimum Gasteiger partial charge on any atom is -0.481 e. The van der Waals surface area contributed by atoms with Crippen LogP contribution < -0.4 is 11.1 Å². The zero-order chi connectivity index (χ0) is 18.0. The number of amides is 1. The molecule has 0 atom stereocenters. The summed E-state index contributed by atoms with van der Waals surface area (Å²) >= 11 is 0. The van der Waals surface area contributed by atoms with E-state index in [9.17, 15) is 9.59 Å². The molecule has 0 unspecified atom stereocenters. The monoisotopic (exact) mass is 322 g/mol. The lowest BCUT2D eigenvalue weighted by molar-refractivity contribution is -0.138. The quantitative estimate of drug-likeness (QED) is 0.747. The number of hydrogen-bond donors (Lipinski definition) is 3. The van der Waals surface area contributed by atoms with Crippen LogP contribution in [0.15, 0.2) is 30.3 Å². The second kappa shape index (κ2) is 10.0. The molecule has 0 aliphatic rings. The Hall–Kier alpha value is -1.88. The molecular formula is C18H30N2O3. The number of aliphatic carboxylic acids is 1. The number of carboxylic acid groups (broad SMARTS) is 1. The standard InChI is InChI=1S/C10H11NO3.C8H19N/c12-9(6-7-10(13)14)11-8-4-2-1-3-5-8;1-6(2)8(5,9)7(3)4/h1-5H,6-7H2,(H,11,12)(H,13,14);6-7H,9H2,1-5H3. The van der Waals surface area contributed by atoms with E-state index in [0.717, 1.165) is 0 Å². The van der Waals surface area contributed by atoms with Gasteiger partial charge < -0.3 is 16.2 Å². The maximum absolute atomic E-state index is 11.1. The van der Waals surface area contributed by atoms with Crippen molar-refractivity contribution in [1.82, 2.24) is 0 Å². The molecule has 5 nitrogen and oxygen atoms in total. The number of rotatable bonds is 6. The highest BCUT2D eigenvalue weighted by atomic mass is 16.4. The van der Waals surface area contributed by atoms with Gasteiger partial charge in [0.25, 0.3) is 0 Å². The minimum atomic E-state index is -0.965. The van der Waals surface area contributed by atoms with E-state index < -0.39 is 5.97 Å². The number of nitrogens with one attached hydrogen (secondary N) is 1. The van der Waals surface area contributed by atoms with Crippen LogP contribution in [0.1, 0.15) is 47.5 Å². The van der Waals surface area contributed by atoms with Crippen molar-refractivity contribution in [2.24, 2.45) is 17.6 Å². The molecule has 0 aliphatic heterocycles. The van der Waals surface area contributed by atoms with E-state index in [1.165, 1.54) is 0 Å². The Morgan fingerprint density at radius 3 is 1.91 bits per heavy atom. The van der Waals surface area contributed by atoms with Crippen molar-refractivity contribution in [2.45, 2.75) is 53.0 Å². The Balaban J connectivity index is 0.000000468. The third-order valence-corrected chi connectivity index (χ3v) is 4.11. The average molecular weight is 322 g/mol. The van der Waals surface area contributed by atoms with Crippen LogP contribution in [0.2, 0.25) is 0 Å². The van der Waals surface area contributed by atoms with Crippen molar-refractivity contribution < 1.29 is 14.7 Å². The molecular weight excluding hydrogens is 292 g/mol. The first-order valence-electron chi connectivity index (χ1n) is 7.93. The Morgan fingerprint density at radius 1 is 1.09 bits per heavy atom. The van der Waals surface area contributed by atoms with Gasteiger partial charge in [-0.05, 0) is 30.9 Å². The largest absolute Gasteiger partial charge is 0.481 e. The number of anilines is 1. The van der Waals surface area contributed by atoms with Crippen molar-refractivity contribution in [3.05, 3.63) is 30.3 Å². The molecule has 0 saturated heterocycles. The number of nitrogens with two attached hydrogens (primary N) is 1. The lowest BCUT2D eigenvalue weighted by Crippen LogP contribution is -2.46. The highest BCUT2D eigenvalue weighted by Crippen LogP contribution is 2.21. The Morgan fingerprint density at radius 2 is 1.57 bits per heavy atom. The van der Waals surface area contributed by atoms with Gasteiger partial charge in [-0.25, -0.2) is 0 Å². The fraction of sp³-hybridized carbons (Fsp3) is 0.556. The fourth-order valence-electron chi connectivity index (χ4n) is 1.63. The highest BCUT2D eigenvalue weighted by Gasteiger charge is 2.26. The predicted octanol–water partition coefficient (Wildman–Crippen LogP) is 3.51. The summed E-state index contributed by atoms with van der Waals surface area (Å²) in [5.41, 5.74) is 6.69. The van der Waals surface area contributed by atoms with Crippen molar-refractivity contribution >= 4 is 17.6 Å². The number of carboxylic acids is 1. The van der Waals surface area contributed by atoms with Crippen LogP contribution in [-0.2, 0) is 9.59 Å². The van der Waals surface area contributed by atoms with E-state index in [4.69, 9.17) is 10.8 Å². The molecule has 0 heterocycles. The van der Waals surface area contributed by atoms with Crippen LogP contribution in [-0.4, -0.2) is 22.5 Å². The second-order valence-corrected chi connectivity index (χ2v) is 6.48. The Bertz CT molecular complexity index is 472. The van der Waals surface area contributed by atoms with Gasteiger partial charge in [-0.15, -0.1) is 0 Å². The van der Waals surface area contributed by atoms with Crippen molar-refractivity contribution in [1.29, 1.82) is 0 Å². The third kappa shape index (κ3) is 8.98. The molecule has 1 amide bonds. The van der Waals surface area contributed by atoms with Gasteiger partial charge in [-0.2, -0.15) is 0 Å². The maximum atomic E-state index is 11.1. The lowest BCUT2D eigenvalue weighted by Gasteiger charge is -2.33. The zero-order valence-corrected chi connectivity index (χ0v) is 14.8. The van der Waals surface area contributed by atoms with E-state index in [0.29, 0.717) is 17.5 Å². The summed E-state index contributed by atoms with van der Waals surface area (Å²) in [5.74, 6) is -0.109. The summed E-state index contributed by atoms with van der Waals surface area (Å²) in [5, 5.41) is 10.9. The average Bonchev–Trinajstić information content (AvgIpc) is 2.46. The normalized spacial score (nSPS) is 11.0. The summed E-state index contributed by atoms with van der Waals surface area (Å²) in [6, 6.07) is 8.93. The van der Waals surface area contributed by atoms with Gasteiger partial charge in [-0.3, -0.25) is 9.59 Å². The molecule has 0 saturated carbocycles. The smallest absolute Gasteiger partial charge is 0.303 e. The molecule has 4 N–H and O–H groups in total. The molecule has 130 valence electrons. The van der Waals surface area contributed by atoms with Crippen LogP contribution in [0, 0.1) is 11.8 Å². The highest BCUT2D eigenvalue weighted by molar-refractivity contribution is 5.92. The predicted molar refractivity (Wildman–Crippen MR) is 94.2 cm³/mol. The van der Waals surface area contributed by atoms with Crippen LogP contribution >= 0.6 is 0 Å². The second-order valence-electron chi connectivity index (χ2n) is 6.48. The van der Waals surface area contributed by atoms with Gasteiger partial charge in [0, 0.05) is 17.6 Å². The Labute approximate surface area is 139 Å².